The average molecular weight is 154 g/mol. The molecule has 0 aliphatic carbocycles. The van der Waals surface area contributed by atoms with Crippen LogP contribution in [0.5, 0.6) is 0 Å². The van der Waals surface area contributed by atoms with Gasteiger partial charge < -0.3 is 11.1 Å². The maximum atomic E-state index is 5.71. The molecule has 0 saturated heterocycles. The Bertz CT molecular complexity index is 172. The number of nitrogens with two attached hydrogens (primary N) is 1. The molecule has 0 aromatic rings. The first-order chi connectivity index (χ1) is 4.87. The molecule has 64 valence electrons. The van der Waals surface area contributed by atoms with E-state index in [9.17, 15) is 0 Å². The molecule has 0 spiro atoms. The van der Waals surface area contributed by atoms with Crippen molar-refractivity contribution in [3.8, 4) is 0 Å². The van der Waals surface area contributed by atoms with Crippen molar-refractivity contribution in [2.45, 2.75) is 20.8 Å². The van der Waals surface area contributed by atoms with E-state index in [1.807, 2.05) is 13.1 Å². The van der Waals surface area contributed by atoms with E-state index >= 15 is 0 Å². The number of hydrogen-bond acceptors (Lipinski definition) is 2. The normalized spacial score (nSPS) is 12.9. The van der Waals surface area contributed by atoms with Crippen LogP contribution in [0, 0.1) is 5.41 Å². The molecule has 0 bridgehead atoms. The van der Waals surface area contributed by atoms with Crippen LogP contribution in [0.1, 0.15) is 20.8 Å². The van der Waals surface area contributed by atoms with Gasteiger partial charge >= 0.3 is 0 Å². The first-order valence-electron chi connectivity index (χ1n) is 3.72. The van der Waals surface area contributed by atoms with Crippen molar-refractivity contribution in [3.05, 3.63) is 24.0 Å². The van der Waals surface area contributed by atoms with Gasteiger partial charge in [-0.1, -0.05) is 33.4 Å². The van der Waals surface area contributed by atoms with Gasteiger partial charge in [-0.05, 0) is 5.41 Å². The lowest BCUT2D eigenvalue weighted by atomic mass is 9.95. The third-order valence-corrected chi connectivity index (χ3v) is 1.24. The van der Waals surface area contributed by atoms with Gasteiger partial charge in [0.25, 0.3) is 0 Å². The van der Waals surface area contributed by atoms with Crippen molar-refractivity contribution in [1.29, 1.82) is 0 Å². The average Bonchev–Trinajstić information content (AvgIpc) is 1.82. The zero-order valence-corrected chi connectivity index (χ0v) is 7.86. The number of hydrogen-bond donors (Lipinski definition) is 2. The maximum absolute atomic E-state index is 5.71. The fourth-order valence-electron chi connectivity index (χ4n) is 0.698. The molecule has 0 aromatic carbocycles. The van der Waals surface area contributed by atoms with E-state index in [0.717, 1.165) is 11.4 Å². The summed E-state index contributed by atoms with van der Waals surface area (Å²) in [6, 6.07) is 0. The van der Waals surface area contributed by atoms with Gasteiger partial charge in [-0.3, -0.25) is 0 Å². The summed E-state index contributed by atoms with van der Waals surface area (Å²) in [5.74, 6) is 0. The Morgan fingerprint density at radius 2 is 1.91 bits per heavy atom. The van der Waals surface area contributed by atoms with Crippen LogP contribution >= 0.6 is 0 Å². The van der Waals surface area contributed by atoms with E-state index in [-0.39, 0.29) is 5.41 Å². The first kappa shape index (κ1) is 10.1. The Labute approximate surface area is 69.2 Å². The van der Waals surface area contributed by atoms with Crippen molar-refractivity contribution in [2.24, 2.45) is 11.1 Å². The van der Waals surface area contributed by atoms with E-state index in [0.29, 0.717) is 0 Å². The van der Waals surface area contributed by atoms with E-state index in [2.05, 4.69) is 32.7 Å². The Morgan fingerprint density at radius 1 is 1.45 bits per heavy atom. The van der Waals surface area contributed by atoms with Crippen LogP contribution in [0.3, 0.4) is 0 Å². The SMILES string of the molecule is C=C(NC)/C(N)=C/C(C)(C)C. The minimum atomic E-state index is 0.115. The quantitative estimate of drug-likeness (QED) is 0.593. The molecule has 0 aliphatic heterocycles. The summed E-state index contributed by atoms with van der Waals surface area (Å²) in [5.41, 5.74) is 7.33. The van der Waals surface area contributed by atoms with Crippen LogP contribution in [-0.4, -0.2) is 7.05 Å². The fourth-order valence-corrected chi connectivity index (χ4v) is 0.698. The minimum absolute atomic E-state index is 0.115. The Kier molecular flexibility index (Phi) is 3.18. The standard InChI is InChI=1S/C9H18N2/c1-7(11-5)8(10)6-9(2,3)4/h6,11H,1,10H2,2-5H3/b8-6-. The monoisotopic (exact) mass is 154 g/mol. The van der Waals surface area contributed by atoms with Gasteiger partial charge in [0.15, 0.2) is 0 Å². The lowest BCUT2D eigenvalue weighted by Crippen LogP contribution is -2.15. The zero-order chi connectivity index (χ0) is 9.07. The number of likely N-dealkylation sites (N-methyl/N-ethyl adjacent to an activating group) is 1. The van der Waals surface area contributed by atoms with Crippen LogP contribution in [-0.2, 0) is 0 Å². The van der Waals surface area contributed by atoms with Crippen LogP contribution < -0.4 is 11.1 Å². The second kappa shape index (κ2) is 3.46. The number of allylic oxidation sites excluding steroid dienone is 1. The summed E-state index contributed by atoms with van der Waals surface area (Å²) in [7, 11) is 1.81. The fraction of sp³-hybridized carbons (Fsp3) is 0.556. The van der Waals surface area contributed by atoms with Gasteiger partial charge in [-0.25, -0.2) is 0 Å². The van der Waals surface area contributed by atoms with Gasteiger partial charge in [0.05, 0.1) is 5.70 Å². The van der Waals surface area contributed by atoms with E-state index in [1.165, 1.54) is 0 Å². The Hall–Kier alpha value is -0.920. The molecular weight excluding hydrogens is 136 g/mol. The molecular formula is C9H18N2. The maximum Gasteiger partial charge on any atom is 0.0508 e. The molecule has 0 heterocycles. The van der Waals surface area contributed by atoms with Crippen molar-refractivity contribution < 1.29 is 0 Å². The topological polar surface area (TPSA) is 38.0 Å². The third-order valence-electron chi connectivity index (χ3n) is 1.24. The molecule has 0 saturated carbocycles. The van der Waals surface area contributed by atoms with E-state index in [4.69, 9.17) is 5.73 Å². The molecule has 0 rings (SSSR count). The van der Waals surface area contributed by atoms with Crippen LogP contribution in [0.25, 0.3) is 0 Å². The van der Waals surface area contributed by atoms with Crippen LogP contribution in [0.4, 0.5) is 0 Å². The van der Waals surface area contributed by atoms with E-state index in [1.54, 1.807) is 0 Å². The Balaban J connectivity index is 4.34. The van der Waals surface area contributed by atoms with Gasteiger partial charge in [-0.2, -0.15) is 0 Å². The molecule has 0 fully saturated rings. The molecule has 0 amide bonds. The minimum Gasteiger partial charge on any atom is -0.397 e. The molecule has 0 unspecified atom stereocenters. The molecule has 0 atom stereocenters. The molecule has 0 aromatic heterocycles. The largest absolute Gasteiger partial charge is 0.397 e. The van der Waals surface area contributed by atoms with Crippen LogP contribution in [0.2, 0.25) is 0 Å². The zero-order valence-electron chi connectivity index (χ0n) is 7.86. The van der Waals surface area contributed by atoms with Gasteiger partial charge in [0, 0.05) is 12.7 Å². The smallest absolute Gasteiger partial charge is 0.0508 e. The van der Waals surface area contributed by atoms with Gasteiger partial charge in [0.1, 0.15) is 0 Å². The van der Waals surface area contributed by atoms with Crippen molar-refractivity contribution in [3.63, 3.8) is 0 Å². The van der Waals surface area contributed by atoms with Gasteiger partial charge in [0.2, 0.25) is 0 Å². The summed E-state index contributed by atoms with van der Waals surface area (Å²) in [6.07, 6.45) is 1.99. The van der Waals surface area contributed by atoms with Crippen molar-refractivity contribution in [1.82, 2.24) is 5.32 Å². The highest BCUT2D eigenvalue weighted by atomic mass is 14.9. The number of rotatable bonds is 2. The van der Waals surface area contributed by atoms with Gasteiger partial charge in [-0.15, -0.1) is 0 Å². The molecule has 2 nitrogen and oxygen atoms in total. The van der Waals surface area contributed by atoms with Crippen molar-refractivity contribution >= 4 is 0 Å². The van der Waals surface area contributed by atoms with Crippen LogP contribution in [0.15, 0.2) is 24.0 Å². The highest BCUT2D eigenvalue weighted by molar-refractivity contribution is 5.24. The summed E-state index contributed by atoms with van der Waals surface area (Å²) in [5, 5.41) is 2.90. The lowest BCUT2D eigenvalue weighted by molar-refractivity contribution is 0.539. The molecule has 2 heteroatoms. The molecule has 0 radical (unpaired) electrons. The summed E-state index contributed by atoms with van der Waals surface area (Å²) in [6.45, 7) is 10.1. The van der Waals surface area contributed by atoms with Crippen molar-refractivity contribution in [2.75, 3.05) is 7.05 Å². The summed E-state index contributed by atoms with van der Waals surface area (Å²) >= 11 is 0. The Morgan fingerprint density at radius 3 is 2.18 bits per heavy atom. The predicted molar refractivity (Wildman–Crippen MR) is 49.9 cm³/mol. The second-order valence-corrected chi connectivity index (χ2v) is 3.69. The highest BCUT2D eigenvalue weighted by Crippen LogP contribution is 2.17. The molecule has 0 aliphatic rings. The summed E-state index contributed by atoms with van der Waals surface area (Å²) < 4.78 is 0. The summed E-state index contributed by atoms with van der Waals surface area (Å²) in [4.78, 5) is 0. The third kappa shape index (κ3) is 4.48. The predicted octanol–water partition coefficient (Wildman–Crippen LogP) is 1.61. The highest BCUT2D eigenvalue weighted by Gasteiger charge is 2.07. The van der Waals surface area contributed by atoms with E-state index < -0.39 is 0 Å². The number of nitrogens with one attached hydrogen (secondary N) is 1. The molecule has 3 N–H and O–H groups in total. The second-order valence-electron chi connectivity index (χ2n) is 3.69. The molecule has 11 heavy (non-hydrogen) atoms. The lowest BCUT2D eigenvalue weighted by Gasteiger charge is -2.14. The first-order valence-corrected chi connectivity index (χ1v) is 3.72.